The van der Waals surface area contributed by atoms with E-state index < -0.39 is 0 Å². The Kier molecular flexibility index (Phi) is 3.80. The SMILES string of the molecule is CC1(C(=O)C2=CCCCCCC2)CCNC1. The quantitative estimate of drug-likeness (QED) is 0.777. The molecule has 1 aliphatic carbocycles. The van der Waals surface area contributed by atoms with Crippen molar-refractivity contribution < 1.29 is 4.79 Å². The van der Waals surface area contributed by atoms with Gasteiger partial charge in [-0.1, -0.05) is 25.8 Å². The first kappa shape index (κ1) is 11.8. The van der Waals surface area contributed by atoms with E-state index in [0.29, 0.717) is 5.78 Å². The summed E-state index contributed by atoms with van der Waals surface area (Å²) >= 11 is 0. The van der Waals surface area contributed by atoms with Crippen LogP contribution in [0, 0.1) is 5.41 Å². The molecule has 1 N–H and O–H groups in total. The van der Waals surface area contributed by atoms with E-state index in [1.165, 1.54) is 25.7 Å². The Morgan fingerprint density at radius 1 is 1.31 bits per heavy atom. The average Bonchev–Trinajstić information content (AvgIpc) is 2.65. The van der Waals surface area contributed by atoms with Crippen molar-refractivity contribution >= 4 is 5.78 Å². The summed E-state index contributed by atoms with van der Waals surface area (Å²) in [5.41, 5.74) is 0.997. The van der Waals surface area contributed by atoms with Gasteiger partial charge in [0, 0.05) is 12.0 Å². The number of ketones is 1. The molecular weight excluding hydrogens is 198 g/mol. The molecule has 1 aliphatic heterocycles. The smallest absolute Gasteiger partial charge is 0.165 e. The standard InChI is InChI=1S/C14H23NO/c1-14(9-10-15-11-14)13(16)12-7-5-3-2-4-6-8-12/h7,15H,2-6,8-11H2,1H3. The first-order chi connectivity index (χ1) is 7.72. The lowest BCUT2D eigenvalue weighted by atomic mass is 9.79. The van der Waals surface area contributed by atoms with Crippen LogP contribution in [0.5, 0.6) is 0 Å². The molecule has 1 fully saturated rings. The highest BCUT2D eigenvalue weighted by molar-refractivity contribution is 6.00. The van der Waals surface area contributed by atoms with Crippen LogP contribution >= 0.6 is 0 Å². The molecule has 0 amide bonds. The molecule has 90 valence electrons. The fourth-order valence-corrected chi connectivity index (χ4v) is 2.80. The lowest BCUT2D eigenvalue weighted by Crippen LogP contribution is -2.31. The molecule has 16 heavy (non-hydrogen) atoms. The summed E-state index contributed by atoms with van der Waals surface area (Å²) in [7, 11) is 0. The highest BCUT2D eigenvalue weighted by Gasteiger charge is 2.37. The summed E-state index contributed by atoms with van der Waals surface area (Å²) in [5.74, 6) is 0.416. The van der Waals surface area contributed by atoms with Gasteiger partial charge in [0.2, 0.25) is 0 Å². The molecule has 0 bridgehead atoms. The number of carbonyl (C=O) groups is 1. The Hall–Kier alpha value is -0.630. The molecule has 1 heterocycles. The normalized spacial score (nSPS) is 31.7. The topological polar surface area (TPSA) is 29.1 Å². The Morgan fingerprint density at radius 3 is 2.88 bits per heavy atom. The maximum Gasteiger partial charge on any atom is 0.165 e. The monoisotopic (exact) mass is 221 g/mol. The minimum Gasteiger partial charge on any atom is -0.316 e. The van der Waals surface area contributed by atoms with Gasteiger partial charge in [-0.05, 0) is 44.2 Å². The first-order valence-corrected chi connectivity index (χ1v) is 6.67. The van der Waals surface area contributed by atoms with Crippen LogP contribution in [0.3, 0.4) is 0 Å². The van der Waals surface area contributed by atoms with Crippen molar-refractivity contribution in [3.63, 3.8) is 0 Å². The highest BCUT2D eigenvalue weighted by atomic mass is 16.1. The van der Waals surface area contributed by atoms with E-state index in [1.807, 2.05) is 0 Å². The van der Waals surface area contributed by atoms with Crippen LogP contribution in [-0.4, -0.2) is 18.9 Å². The number of hydrogen-bond donors (Lipinski definition) is 1. The Balaban J connectivity index is 2.06. The second kappa shape index (κ2) is 5.13. The van der Waals surface area contributed by atoms with Gasteiger partial charge in [0.15, 0.2) is 5.78 Å². The highest BCUT2D eigenvalue weighted by Crippen LogP contribution is 2.31. The summed E-state index contributed by atoms with van der Waals surface area (Å²) in [5, 5.41) is 3.31. The first-order valence-electron chi connectivity index (χ1n) is 6.67. The van der Waals surface area contributed by atoms with Crippen molar-refractivity contribution in [3.8, 4) is 0 Å². The molecular formula is C14H23NO. The third-order valence-electron chi connectivity index (χ3n) is 4.00. The third kappa shape index (κ3) is 2.54. The van der Waals surface area contributed by atoms with E-state index in [-0.39, 0.29) is 5.41 Å². The minimum atomic E-state index is -0.120. The van der Waals surface area contributed by atoms with Gasteiger partial charge in [-0.15, -0.1) is 0 Å². The number of allylic oxidation sites excluding steroid dienone is 2. The van der Waals surface area contributed by atoms with Crippen molar-refractivity contribution in [2.24, 2.45) is 5.41 Å². The maximum absolute atomic E-state index is 12.5. The predicted molar refractivity (Wildman–Crippen MR) is 66.4 cm³/mol. The van der Waals surface area contributed by atoms with Crippen molar-refractivity contribution in [2.75, 3.05) is 13.1 Å². The van der Waals surface area contributed by atoms with Crippen LogP contribution in [0.4, 0.5) is 0 Å². The molecule has 1 unspecified atom stereocenters. The van der Waals surface area contributed by atoms with Gasteiger partial charge in [0.1, 0.15) is 0 Å². The zero-order valence-corrected chi connectivity index (χ0v) is 10.3. The van der Waals surface area contributed by atoms with Crippen LogP contribution in [0.25, 0.3) is 0 Å². The minimum absolute atomic E-state index is 0.120. The molecule has 2 heteroatoms. The van der Waals surface area contributed by atoms with Crippen LogP contribution in [0.15, 0.2) is 11.6 Å². The largest absolute Gasteiger partial charge is 0.316 e. The van der Waals surface area contributed by atoms with E-state index in [0.717, 1.165) is 37.9 Å². The summed E-state index contributed by atoms with van der Waals surface area (Å²) in [6.45, 7) is 3.98. The Morgan fingerprint density at radius 2 is 2.12 bits per heavy atom. The van der Waals surface area contributed by atoms with Crippen LogP contribution in [0.2, 0.25) is 0 Å². The molecule has 0 aromatic carbocycles. The number of nitrogens with one attached hydrogen (secondary N) is 1. The van der Waals surface area contributed by atoms with E-state index in [2.05, 4.69) is 18.3 Å². The summed E-state index contributed by atoms with van der Waals surface area (Å²) in [6.07, 6.45) is 10.4. The molecule has 2 nitrogen and oxygen atoms in total. The van der Waals surface area contributed by atoms with Crippen LogP contribution < -0.4 is 5.32 Å². The number of Topliss-reactive ketones (excluding diaryl/α,β-unsaturated/α-hetero) is 1. The van der Waals surface area contributed by atoms with Gasteiger partial charge in [0.25, 0.3) is 0 Å². The number of hydrogen-bond acceptors (Lipinski definition) is 2. The second-order valence-corrected chi connectivity index (χ2v) is 5.50. The molecule has 2 rings (SSSR count). The van der Waals surface area contributed by atoms with Crippen molar-refractivity contribution in [1.82, 2.24) is 5.32 Å². The van der Waals surface area contributed by atoms with Crippen LogP contribution in [-0.2, 0) is 4.79 Å². The Labute approximate surface area is 98.5 Å². The van der Waals surface area contributed by atoms with E-state index >= 15 is 0 Å². The Bertz CT molecular complexity index is 287. The summed E-state index contributed by atoms with van der Waals surface area (Å²) in [4.78, 5) is 12.5. The molecule has 0 spiro atoms. The lowest BCUT2D eigenvalue weighted by molar-refractivity contribution is -0.123. The summed E-state index contributed by atoms with van der Waals surface area (Å²) in [6, 6.07) is 0. The lowest BCUT2D eigenvalue weighted by Gasteiger charge is -2.23. The van der Waals surface area contributed by atoms with Crippen molar-refractivity contribution in [2.45, 2.75) is 51.9 Å². The van der Waals surface area contributed by atoms with Gasteiger partial charge in [-0.2, -0.15) is 0 Å². The second-order valence-electron chi connectivity index (χ2n) is 5.50. The molecule has 0 aromatic heterocycles. The predicted octanol–water partition coefficient (Wildman–Crippen LogP) is 2.84. The zero-order chi connectivity index (χ0) is 11.4. The molecule has 0 saturated carbocycles. The van der Waals surface area contributed by atoms with Gasteiger partial charge < -0.3 is 5.32 Å². The fourth-order valence-electron chi connectivity index (χ4n) is 2.80. The number of rotatable bonds is 2. The third-order valence-corrected chi connectivity index (χ3v) is 4.00. The zero-order valence-electron chi connectivity index (χ0n) is 10.3. The van der Waals surface area contributed by atoms with Crippen LogP contribution in [0.1, 0.15) is 51.9 Å². The fraction of sp³-hybridized carbons (Fsp3) is 0.786. The van der Waals surface area contributed by atoms with Gasteiger partial charge in [-0.25, -0.2) is 0 Å². The summed E-state index contributed by atoms with van der Waals surface area (Å²) < 4.78 is 0. The van der Waals surface area contributed by atoms with Gasteiger partial charge >= 0.3 is 0 Å². The van der Waals surface area contributed by atoms with Gasteiger partial charge in [0.05, 0.1) is 0 Å². The van der Waals surface area contributed by atoms with Crippen molar-refractivity contribution in [1.29, 1.82) is 0 Å². The molecule has 0 aromatic rings. The van der Waals surface area contributed by atoms with Gasteiger partial charge in [-0.3, -0.25) is 4.79 Å². The number of carbonyl (C=O) groups excluding carboxylic acids is 1. The molecule has 1 atom stereocenters. The van der Waals surface area contributed by atoms with E-state index in [1.54, 1.807) is 0 Å². The average molecular weight is 221 g/mol. The molecule has 0 radical (unpaired) electrons. The molecule has 1 saturated heterocycles. The van der Waals surface area contributed by atoms with Crippen molar-refractivity contribution in [3.05, 3.63) is 11.6 Å². The van der Waals surface area contributed by atoms with E-state index in [9.17, 15) is 4.79 Å². The maximum atomic E-state index is 12.5. The van der Waals surface area contributed by atoms with E-state index in [4.69, 9.17) is 0 Å². The molecule has 2 aliphatic rings.